The lowest BCUT2D eigenvalue weighted by atomic mass is 10.0. The van der Waals surface area contributed by atoms with E-state index in [9.17, 15) is 14.9 Å². The highest BCUT2D eigenvalue weighted by Crippen LogP contribution is 2.26. The lowest BCUT2D eigenvalue weighted by molar-refractivity contribution is -0.385. The Morgan fingerprint density at radius 2 is 2.07 bits per heavy atom. The van der Waals surface area contributed by atoms with E-state index in [2.05, 4.69) is 15.9 Å². The molecule has 0 aliphatic rings. The summed E-state index contributed by atoms with van der Waals surface area (Å²) in [5, 5.41) is 10.6. The third-order valence-electron chi connectivity index (χ3n) is 1.92. The number of hydrogen-bond donors (Lipinski definition) is 0. The maximum absolute atomic E-state index is 11.1. The molecule has 0 bridgehead atoms. The van der Waals surface area contributed by atoms with Gasteiger partial charge in [0.2, 0.25) is 0 Å². The first kappa shape index (κ1) is 10.8. The first-order valence-electron chi connectivity index (χ1n) is 3.89. The van der Waals surface area contributed by atoms with Crippen LogP contribution in [0.3, 0.4) is 0 Å². The van der Waals surface area contributed by atoms with E-state index in [1.54, 1.807) is 13.0 Å². The fraction of sp³-hybridized carbons (Fsp3) is 0.222. The molecule has 0 amide bonds. The second kappa shape index (κ2) is 3.88. The van der Waals surface area contributed by atoms with Gasteiger partial charge in [0.1, 0.15) is 0 Å². The highest BCUT2D eigenvalue weighted by atomic mass is 79.9. The van der Waals surface area contributed by atoms with Crippen molar-refractivity contribution in [3.63, 3.8) is 0 Å². The average Bonchev–Trinajstić information content (AvgIpc) is 2.07. The maximum atomic E-state index is 11.1. The second-order valence-electron chi connectivity index (χ2n) is 2.91. The van der Waals surface area contributed by atoms with E-state index in [-0.39, 0.29) is 11.5 Å². The molecule has 14 heavy (non-hydrogen) atoms. The van der Waals surface area contributed by atoms with Crippen LogP contribution in [0.25, 0.3) is 0 Å². The number of nitrogens with zero attached hydrogens (tertiary/aromatic N) is 1. The normalized spacial score (nSPS) is 9.93. The average molecular weight is 258 g/mol. The van der Waals surface area contributed by atoms with E-state index >= 15 is 0 Å². The highest BCUT2D eigenvalue weighted by molar-refractivity contribution is 9.10. The summed E-state index contributed by atoms with van der Waals surface area (Å²) in [7, 11) is 0. The van der Waals surface area contributed by atoms with Crippen molar-refractivity contribution in [1.29, 1.82) is 0 Å². The second-order valence-corrected chi connectivity index (χ2v) is 3.83. The number of Topliss-reactive ketones (excluding diaryl/α,β-unsaturated/α-hetero) is 1. The molecule has 0 heterocycles. The molecule has 0 aliphatic heterocycles. The Balaban J connectivity index is 3.47. The van der Waals surface area contributed by atoms with Crippen LogP contribution >= 0.6 is 15.9 Å². The van der Waals surface area contributed by atoms with E-state index in [1.165, 1.54) is 13.0 Å². The van der Waals surface area contributed by atoms with Gasteiger partial charge in [-0.3, -0.25) is 14.9 Å². The van der Waals surface area contributed by atoms with Crippen molar-refractivity contribution in [3.05, 3.63) is 37.8 Å². The first-order chi connectivity index (χ1) is 6.43. The van der Waals surface area contributed by atoms with Gasteiger partial charge in [-0.15, -0.1) is 0 Å². The van der Waals surface area contributed by atoms with Crippen molar-refractivity contribution >= 4 is 27.4 Å². The molecule has 74 valence electrons. The summed E-state index contributed by atoms with van der Waals surface area (Å²) in [6, 6.07) is 2.98. The molecule has 0 unspecified atom stereocenters. The molecule has 1 aromatic carbocycles. The maximum Gasteiger partial charge on any atom is 0.274 e. The molecule has 0 aromatic heterocycles. The summed E-state index contributed by atoms with van der Waals surface area (Å²) >= 11 is 3.13. The molecule has 4 nitrogen and oxygen atoms in total. The van der Waals surface area contributed by atoms with Gasteiger partial charge in [0.05, 0.1) is 4.92 Å². The van der Waals surface area contributed by atoms with Gasteiger partial charge in [-0.05, 0) is 19.9 Å². The zero-order valence-corrected chi connectivity index (χ0v) is 9.29. The van der Waals surface area contributed by atoms with E-state index in [0.717, 1.165) is 0 Å². The third-order valence-corrected chi connectivity index (χ3v) is 2.38. The highest BCUT2D eigenvalue weighted by Gasteiger charge is 2.17. The number of halogens is 1. The van der Waals surface area contributed by atoms with Crippen LogP contribution in [0.2, 0.25) is 0 Å². The van der Waals surface area contributed by atoms with Crippen molar-refractivity contribution in [2.45, 2.75) is 13.8 Å². The predicted octanol–water partition coefficient (Wildman–Crippen LogP) is 2.87. The molecule has 1 aromatic rings. The number of carbonyl (C=O) groups is 1. The van der Waals surface area contributed by atoms with Crippen LogP contribution in [0, 0.1) is 17.0 Å². The number of hydrogen-bond acceptors (Lipinski definition) is 3. The Bertz CT molecular complexity index is 380. The third kappa shape index (κ3) is 1.98. The lowest BCUT2D eigenvalue weighted by Gasteiger charge is -2.03. The molecule has 0 radical (unpaired) electrons. The van der Waals surface area contributed by atoms with Gasteiger partial charge < -0.3 is 0 Å². The lowest BCUT2D eigenvalue weighted by Crippen LogP contribution is -2.00. The van der Waals surface area contributed by atoms with Crippen molar-refractivity contribution < 1.29 is 9.72 Å². The zero-order chi connectivity index (χ0) is 10.9. The van der Waals surface area contributed by atoms with E-state index in [1.807, 2.05) is 0 Å². The van der Waals surface area contributed by atoms with Crippen molar-refractivity contribution in [3.8, 4) is 0 Å². The van der Waals surface area contributed by atoms with Crippen LogP contribution in [0.4, 0.5) is 5.69 Å². The Morgan fingerprint density at radius 3 is 2.50 bits per heavy atom. The minimum absolute atomic E-state index is 0.0374. The van der Waals surface area contributed by atoms with Crippen LogP contribution in [0.5, 0.6) is 0 Å². The Morgan fingerprint density at radius 1 is 1.50 bits per heavy atom. The summed E-state index contributed by atoms with van der Waals surface area (Å²) in [6.45, 7) is 2.96. The zero-order valence-electron chi connectivity index (χ0n) is 7.70. The Labute approximate surface area is 89.2 Å². The molecule has 0 atom stereocenters. The monoisotopic (exact) mass is 257 g/mol. The van der Waals surface area contributed by atoms with Crippen molar-refractivity contribution in [1.82, 2.24) is 0 Å². The summed E-state index contributed by atoms with van der Waals surface area (Å²) in [5.41, 5.74) is 0.751. The minimum Gasteiger partial charge on any atom is -0.294 e. The largest absolute Gasteiger partial charge is 0.294 e. The van der Waals surface area contributed by atoms with Gasteiger partial charge in [0.15, 0.2) is 5.78 Å². The number of carbonyl (C=O) groups excluding carboxylic acids is 1. The summed E-state index contributed by atoms with van der Waals surface area (Å²) in [5.74, 6) is -0.174. The smallest absolute Gasteiger partial charge is 0.274 e. The SMILES string of the molecule is CC(=O)c1cc(Br)cc([N+](=O)[O-])c1C. The van der Waals surface area contributed by atoms with Gasteiger partial charge in [0, 0.05) is 21.7 Å². The predicted molar refractivity (Wildman–Crippen MR) is 55.5 cm³/mol. The van der Waals surface area contributed by atoms with Crippen LogP contribution in [-0.2, 0) is 0 Å². The summed E-state index contributed by atoms with van der Waals surface area (Å²) in [6.07, 6.45) is 0. The standard InChI is InChI=1S/C9H8BrNO3/c1-5-8(6(2)12)3-7(10)4-9(5)11(13)14/h3-4H,1-2H3. The number of rotatable bonds is 2. The molecule has 0 aliphatic carbocycles. The van der Waals surface area contributed by atoms with Crippen LogP contribution in [0.1, 0.15) is 22.8 Å². The van der Waals surface area contributed by atoms with Crippen molar-refractivity contribution in [2.75, 3.05) is 0 Å². The molecular formula is C9H8BrNO3. The summed E-state index contributed by atoms with van der Waals surface area (Å²) < 4.78 is 0.542. The number of ketones is 1. The molecule has 0 saturated carbocycles. The van der Waals surface area contributed by atoms with Crippen LogP contribution < -0.4 is 0 Å². The van der Waals surface area contributed by atoms with Crippen LogP contribution in [0.15, 0.2) is 16.6 Å². The minimum atomic E-state index is -0.494. The van der Waals surface area contributed by atoms with Gasteiger partial charge >= 0.3 is 0 Å². The van der Waals surface area contributed by atoms with E-state index in [0.29, 0.717) is 15.6 Å². The van der Waals surface area contributed by atoms with Crippen LogP contribution in [-0.4, -0.2) is 10.7 Å². The molecule has 0 fully saturated rings. The molecule has 0 spiro atoms. The molecule has 1 rings (SSSR count). The van der Waals surface area contributed by atoms with E-state index < -0.39 is 4.92 Å². The topological polar surface area (TPSA) is 60.2 Å². The Kier molecular flexibility index (Phi) is 3.00. The number of benzene rings is 1. The fourth-order valence-corrected chi connectivity index (χ4v) is 1.67. The number of nitro groups is 1. The fourth-order valence-electron chi connectivity index (χ4n) is 1.22. The quantitative estimate of drug-likeness (QED) is 0.465. The van der Waals surface area contributed by atoms with E-state index in [4.69, 9.17) is 0 Å². The molecule has 0 saturated heterocycles. The molecule has 5 heteroatoms. The number of nitro benzene ring substituents is 1. The van der Waals surface area contributed by atoms with Gasteiger partial charge in [-0.25, -0.2) is 0 Å². The van der Waals surface area contributed by atoms with Gasteiger partial charge in [-0.1, -0.05) is 15.9 Å². The van der Waals surface area contributed by atoms with Gasteiger partial charge in [-0.2, -0.15) is 0 Å². The summed E-state index contributed by atoms with van der Waals surface area (Å²) in [4.78, 5) is 21.3. The molecule has 0 N–H and O–H groups in total. The first-order valence-corrected chi connectivity index (χ1v) is 4.68. The molecular weight excluding hydrogens is 250 g/mol. The van der Waals surface area contributed by atoms with Gasteiger partial charge in [0.25, 0.3) is 5.69 Å². The Hall–Kier alpha value is -1.23. The van der Waals surface area contributed by atoms with Crippen molar-refractivity contribution in [2.24, 2.45) is 0 Å².